The Kier molecular flexibility index (Phi) is 3.11. The predicted octanol–water partition coefficient (Wildman–Crippen LogP) is 2.18. The summed E-state index contributed by atoms with van der Waals surface area (Å²) in [7, 11) is 0. The summed E-state index contributed by atoms with van der Waals surface area (Å²) in [4.78, 5) is 18.8. The Labute approximate surface area is 128 Å². The van der Waals surface area contributed by atoms with Gasteiger partial charge in [-0.15, -0.1) is 0 Å². The lowest BCUT2D eigenvalue weighted by atomic mass is 9.98. The second kappa shape index (κ2) is 5.02. The Morgan fingerprint density at radius 2 is 2.14 bits per heavy atom. The quantitative estimate of drug-likeness (QED) is 0.878. The molecule has 1 aromatic heterocycles. The van der Waals surface area contributed by atoms with Crippen molar-refractivity contribution >= 4 is 16.8 Å². The molecule has 1 amide bonds. The first-order valence-corrected chi connectivity index (χ1v) is 7.72. The highest BCUT2D eigenvalue weighted by Gasteiger charge is 2.42. The first-order chi connectivity index (χ1) is 10.6. The van der Waals surface area contributed by atoms with Crippen LogP contribution in [-0.2, 0) is 0 Å². The number of nitrogens with zero attached hydrogens (tertiary/aromatic N) is 2. The summed E-state index contributed by atoms with van der Waals surface area (Å²) < 4.78 is 13.3. The minimum absolute atomic E-state index is 0.0275. The normalized spacial score (nSPS) is 27.4. The van der Waals surface area contributed by atoms with Crippen molar-refractivity contribution in [2.45, 2.75) is 18.9 Å². The molecule has 4 rings (SSSR count). The SMILES string of the molecule is NC1CCC2CN(C(=O)c3cnc4ccc(F)cc4c3)CC12. The number of likely N-dealkylation sites (tertiary alicyclic amines) is 1. The second-order valence-corrected chi connectivity index (χ2v) is 6.44. The fraction of sp³-hybridized carbons (Fsp3) is 0.412. The molecule has 1 aliphatic heterocycles. The van der Waals surface area contributed by atoms with Gasteiger partial charge in [-0.2, -0.15) is 0 Å². The molecular formula is C17H18FN3O. The number of hydrogen-bond acceptors (Lipinski definition) is 3. The standard InChI is InChI=1S/C17H18FN3O/c18-13-2-4-16-11(6-13)5-12(7-20-16)17(22)21-8-10-1-3-15(19)14(10)9-21/h2,4-7,10,14-15H,1,3,8-9,19H2. The van der Waals surface area contributed by atoms with Gasteiger partial charge >= 0.3 is 0 Å². The summed E-state index contributed by atoms with van der Waals surface area (Å²) in [5, 5.41) is 0.655. The van der Waals surface area contributed by atoms with E-state index < -0.39 is 0 Å². The number of carbonyl (C=O) groups is 1. The lowest BCUT2D eigenvalue weighted by molar-refractivity contribution is 0.0779. The number of rotatable bonds is 1. The van der Waals surface area contributed by atoms with Crippen LogP contribution >= 0.6 is 0 Å². The largest absolute Gasteiger partial charge is 0.338 e. The van der Waals surface area contributed by atoms with Gasteiger partial charge in [0.2, 0.25) is 0 Å². The van der Waals surface area contributed by atoms with E-state index in [1.165, 1.54) is 12.1 Å². The van der Waals surface area contributed by atoms with Gasteiger partial charge < -0.3 is 10.6 Å². The third-order valence-corrected chi connectivity index (χ3v) is 5.09. The number of fused-ring (bicyclic) bond motifs is 2. The summed E-state index contributed by atoms with van der Waals surface area (Å²) in [6.07, 6.45) is 3.75. The first-order valence-electron chi connectivity index (χ1n) is 7.72. The van der Waals surface area contributed by atoms with Crippen molar-refractivity contribution in [2.24, 2.45) is 17.6 Å². The Morgan fingerprint density at radius 3 is 2.95 bits per heavy atom. The third kappa shape index (κ3) is 2.16. The van der Waals surface area contributed by atoms with Crippen molar-refractivity contribution in [3.8, 4) is 0 Å². The zero-order valence-electron chi connectivity index (χ0n) is 12.2. The van der Waals surface area contributed by atoms with Crippen LogP contribution in [0.2, 0.25) is 0 Å². The molecule has 2 fully saturated rings. The maximum Gasteiger partial charge on any atom is 0.255 e. The fourth-order valence-electron chi connectivity index (χ4n) is 3.88. The van der Waals surface area contributed by atoms with E-state index in [1.807, 2.05) is 4.90 Å². The average molecular weight is 299 g/mol. The fourth-order valence-corrected chi connectivity index (χ4v) is 3.88. The molecule has 4 nitrogen and oxygen atoms in total. The first kappa shape index (κ1) is 13.6. The highest BCUT2D eigenvalue weighted by molar-refractivity contribution is 5.97. The maximum absolute atomic E-state index is 13.3. The molecular weight excluding hydrogens is 281 g/mol. The van der Waals surface area contributed by atoms with Crippen LogP contribution in [-0.4, -0.2) is 34.9 Å². The molecule has 5 heteroatoms. The van der Waals surface area contributed by atoms with Gasteiger partial charge in [0.25, 0.3) is 5.91 Å². The molecule has 0 spiro atoms. The zero-order chi connectivity index (χ0) is 15.3. The van der Waals surface area contributed by atoms with Gasteiger partial charge in [-0.1, -0.05) is 0 Å². The molecule has 2 aliphatic rings. The van der Waals surface area contributed by atoms with E-state index in [-0.39, 0.29) is 17.8 Å². The molecule has 3 atom stereocenters. The van der Waals surface area contributed by atoms with Crippen LogP contribution in [0.4, 0.5) is 4.39 Å². The third-order valence-electron chi connectivity index (χ3n) is 5.09. The van der Waals surface area contributed by atoms with Crippen LogP contribution in [0.3, 0.4) is 0 Å². The van der Waals surface area contributed by atoms with E-state index in [2.05, 4.69) is 4.98 Å². The Hall–Kier alpha value is -2.01. The van der Waals surface area contributed by atoms with Gasteiger partial charge in [-0.25, -0.2) is 4.39 Å². The van der Waals surface area contributed by atoms with Gasteiger partial charge in [-0.3, -0.25) is 9.78 Å². The summed E-state index contributed by atoms with van der Waals surface area (Å²) in [5.41, 5.74) is 7.33. The number of aromatic nitrogens is 1. The van der Waals surface area contributed by atoms with E-state index >= 15 is 0 Å². The lowest BCUT2D eigenvalue weighted by Gasteiger charge is -2.18. The predicted molar refractivity (Wildman–Crippen MR) is 81.8 cm³/mol. The molecule has 2 N–H and O–H groups in total. The molecule has 1 aromatic carbocycles. The van der Waals surface area contributed by atoms with E-state index in [1.54, 1.807) is 18.3 Å². The maximum atomic E-state index is 13.3. The Balaban J connectivity index is 1.60. The van der Waals surface area contributed by atoms with Gasteiger partial charge in [0.1, 0.15) is 5.82 Å². The number of benzene rings is 1. The van der Waals surface area contributed by atoms with Crippen molar-refractivity contribution in [3.05, 3.63) is 41.8 Å². The summed E-state index contributed by atoms with van der Waals surface area (Å²) >= 11 is 0. The van der Waals surface area contributed by atoms with E-state index in [0.29, 0.717) is 28.3 Å². The van der Waals surface area contributed by atoms with Crippen molar-refractivity contribution in [1.29, 1.82) is 0 Å². The number of carbonyl (C=O) groups excluding carboxylic acids is 1. The van der Waals surface area contributed by atoms with Gasteiger partial charge in [0, 0.05) is 30.7 Å². The van der Waals surface area contributed by atoms with E-state index in [9.17, 15) is 9.18 Å². The average Bonchev–Trinajstić information content (AvgIpc) is 3.08. The number of amides is 1. The molecule has 1 saturated heterocycles. The molecule has 1 aliphatic carbocycles. The summed E-state index contributed by atoms with van der Waals surface area (Å²) in [5.74, 6) is 0.612. The number of pyridine rings is 1. The van der Waals surface area contributed by atoms with Crippen LogP contribution in [0.15, 0.2) is 30.5 Å². The highest BCUT2D eigenvalue weighted by atomic mass is 19.1. The Bertz CT molecular complexity index is 748. The minimum atomic E-state index is -0.319. The smallest absolute Gasteiger partial charge is 0.255 e. The minimum Gasteiger partial charge on any atom is -0.338 e. The summed E-state index contributed by atoms with van der Waals surface area (Å²) in [6, 6.07) is 6.35. The molecule has 0 radical (unpaired) electrons. The molecule has 1 saturated carbocycles. The van der Waals surface area contributed by atoms with Gasteiger partial charge in [0.15, 0.2) is 0 Å². The van der Waals surface area contributed by atoms with E-state index in [0.717, 1.165) is 25.9 Å². The number of halogens is 1. The topological polar surface area (TPSA) is 59.2 Å². The highest BCUT2D eigenvalue weighted by Crippen LogP contribution is 2.37. The van der Waals surface area contributed by atoms with E-state index in [4.69, 9.17) is 5.73 Å². The monoisotopic (exact) mass is 299 g/mol. The van der Waals surface area contributed by atoms with Crippen LogP contribution in [0.1, 0.15) is 23.2 Å². The van der Waals surface area contributed by atoms with Crippen LogP contribution in [0.25, 0.3) is 10.9 Å². The lowest BCUT2D eigenvalue weighted by Crippen LogP contribution is -2.33. The van der Waals surface area contributed by atoms with Crippen LogP contribution in [0.5, 0.6) is 0 Å². The molecule has 3 unspecified atom stereocenters. The van der Waals surface area contributed by atoms with Gasteiger partial charge in [-0.05, 0) is 48.9 Å². The molecule has 0 bridgehead atoms. The van der Waals surface area contributed by atoms with Crippen molar-refractivity contribution in [1.82, 2.24) is 9.88 Å². The number of hydrogen-bond donors (Lipinski definition) is 1. The number of nitrogens with two attached hydrogens (primary N) is 1. The molecule has 2 aromatic rings. The van der Waals surface area contributed by atoms with Crippen molar-refractivity contribution in [3.63, 3.8) is 0 Å². The van der Waals surface area contributed by atoms with Crippen LogP contribution < -0.4 is 5.73 Å². The zero-order valence-corrected chi connectivity index (χ0v) is 12.2. The molecule has 22 heavy (non-hydrogen) atoms. The Morgan fingerprint density at radius 1 is 1.27 bits per heavy atom. The summed E-state index contributed by atoms with van der Waals surface area (Å²) in [6.45, 7) is 1.50. The van der Waals surface area contributed by atoms with Gasteiger partial charge in [0.05, 0.1) is 11.1 Å². The second-order valence-electron chi connectivity index (χ2n) is 6.44. The van der Waals surface area contributed by atoms with Crippen molar-refractivity contribution < 1.29 is 9.18 Å². The van der Waals surface area contributed by atoms with Crippen molar-refractivity contribution in [2.75, 3.05) is 13.1 Å². The van der Waals surface area contributed by atoms with Crippen LogP contribution in [0, 0.1) is 17.7 Å². The molecule has 2 heterocycles. The molecule has 114 valence electrons.